The number of anilines is 1. The van der Waals surface area contributed by atoms with Crippen molar-refractivity contribution < 1.29 is 9.53 Å². The zero-order valence-electron chi connectivity index (χ0n) is 11.6. The van der Waals surface area contributed by atoms with Crippen molar-refractivity contribution in [1.82, 2.24) is 5.32 Å². The van der Waals surface area contributed by atoms with Gasteiger partial charge in [-0.25, -0.2) is 0 Å². The summed E-state index contributed by atoms with van der Waals surface area (Å²) in [5, 5.41) is 6.14. The van der Waals surface area contributed by atoms with Crippen LogP contribution in [0.25, 0.3) is 0 Å². The van der Waals surface area contributed by atoms with Crippen molar-refractivity contribution in [3.05, 3.63) is 28.2 Å². The van der Waals surface area contributed by atoms with Crippen LogP contribution in [0.3, 0.4) is 0 Å². The maximum absolute atomic E-state index is 11.5. The normalized spacial score (nSPS) is 10.6. The maximum atomic E-state index is 11.5. The van der Waals surface area contributed by atoms with Crippen molar-refractivity contribution in [3.8, 4) is 0 Å². The van der Waals surface area contributed by atoms with Gasteiger partial charge in [0.15, 0.2) is 0 Å². The summed E-state index contributed by atoms with van der Waals surface area (Å²) in [6.45, 7) is 5.04. The molecule has 0 atom stereocenters. The number of hydrogen-bond acceptors (Lipinski definition) is 3. The number of ether oxygens (including phenoxy) is 1. The molecule has 0 saturated carbocycles. The Hall–Kier alpha value is -1.07. The summed E-state index contributed by atoms with van der Waals surface area (Å²) in [6.07, 6.45) is 0.455. The Morgan fingerprint density at radius 2 is 2.16 bits per heavy atom. The van der Waals surface area contributed by atoms with Crippen LogP contribution < -0.4 is 10.6 Å². The molecule has 0 unspecified atom stereocenters. The molecule has 0 aliphatic rings. The van der Waals surface area contributed by atoms with Gasteiger partial charge in [0.1, 0.15) is 0 Å². The van der Waals surface area contributed by atoms with Gasteiger partial charge < -0.3 is 15.4 Å². The van der Waals surface area contributed by atoms with Crippen LogP contribution in [0.1, 0.15) is 25.8 Å². The smallest absolute Gasteiger partial charge is 0.221 e. The van der Waals surface area contributed by atoms with Gasteiger partial charge in [-0.3, -0.25) is 4.79 Å². The lowest BCUT2D eigenvalue weighted by molar-refractivity contribution is -0.121. The number of halogens is 1. The van der Waals surface area contributed by atoms with Gasteiger partial charge in [0.25, 0.3) is 0 Å². The molecule has 4 nitrogen and oxygen atoms in total. The second kappa shape index (κ2) is 8.17. The molecule has 0 spiro atoms. The highest BCUT2D eigenvalue weighted by Crippen LogP contribution is 2.25. The van der Waals surface area contributed by atoms with Crippen LogP contribution in [-0.4, -0.2) is 25.6 Å². The van der Waals surface area contributed by atoms with E-state index in [4.69, 9.17) is 4.74 Å². The first-order valence-corrected chi connectivity index (χ1v) is 7.13. The van der Waals surface area contributed by atoms with Gasteiger partial charge in [0, 0.05) is 41.8 Å². The zero-order valence-corrected chi connectivity index (χ0v) is 13.2. The van der Waals surface area contributed by atoms with E-state index in [-0.39, 0.29) is 11.9 Å². The molecule has 0 bridgehead atoms. The van der Waals surface area contributed by atoms with Crippen LogP contribution in [0.2, 0.25) is 0 Å². The number of nitrogens with one attached hydrogen (secondary N) is 2. The number of benzene rings is 1. The average molecular weight is 329 g/mol. The largest absolute Gasteiger partial charge is 0.384 e. The van der Waals surface area contributed by atoms with Crippen molar-refractivity contribution in [2.45, 2.75) is 32.9 Å². The monoisotopic (exact) mass is 328 g/mol. The molecule has 0 saturated heterocycles. The lowest BCUT2D eigenvalue weighted by atomic mass is 10.2. The van der Waals surface area contributed by atoms with E-state index in [0.717, 1.165) is 15.7 Å². The summed E-state index contributed by atoms with van der Waals surface area (Å²) < 4.78 is 6.19. The van der Waals surface area contributed by atoms with Crippen LogP contribution in [0.15, 0.2) is 22.7 Å². The molecule has 0 radical (unpaired) electrons. The Kier molecular flexibility index (Phi) is 6.87. The fraction of sp³-hybridized carbons (Fsp3) is 0.500. The molecule has 5 heteroatoms. The number of rotatable bonds is 7. The number of hydrogen-bond donors (Lipinski definition) is 2. The van der Waals surface area contributed by atoms with Crippen LogP contribution >= 0.6 is 15.9 Å². The summed E-state index contributed by atoms with van der Waals surface area (Å²) in [7, 11) is 1.67. The second-order valence-electron chi connectivity index (χ2n) is 4.60. The predicted molar refractivity (Wildman–Crippen MR) is 81.2 cm³/mol. The molecule has 1 aromatic carbocycles. The highest BCUT2D eigenvalue weighted by Gasteiger charge is 2.07. The van der Waals surface area contributed by atoms with E-state index in [1.807, 2.05) is 32.0 Å². The first-order valence-electron chi connectivity index (χ1n) is 6.34. The molecule has 1 aromatic rings. The highest BCUT2D eigenvalue weighted by molar-refractivity contribution is 9.10. The molecule has 0 fully saturated rings. The maximum Gasteiger partial charge on any atom is 0.221 e. The Morgan fingerprint density at radius 3 is 2.79 bits per heavy atom. The molecule has 106 valence electrons. The third-order valence-corrected chi connectivity index (χ3v) is 3.27. The second-order valence-corrected chi connectivity index (χ2v) is 5.45. The minimum Gasteiger partial charge on any atom is -0.384 e. The molecule has 1 amide bonds. The topological polar surface area (TPSA) is 50.4 Å². The minimum atomic E-state index is 0.0609. The lowest BCUT2D eigenvalue weighted by Crippen LogP contribution is -2.31. The molecule has 2 N–H and O–H groups in total. The van der Waals surface area contributed by atoms with E-state index < -0.39 is 0 Å². The molecule has 19 heavy (non-hydrogen) atoms. The van der Waals surface area contributed by atoms with Crippen molar-refractivity contribution in [2.75, 3.05) is 19.0 Å². The zero-order chi connectivity index (χ0) is 14.3. The van der Waals surface area contributed by atoms with Crippen LogP contribution in [0, 0.1) is 0 Å². The van der Waals surface area contributed by atoms with E-state index in [2.05, 4.69) is 26.6 Å². The summed E-state index contributed by atoms with van der Waals surface area (Å²) >= 11 is 3.50. The summed E-state index contributed by atoms with van der Waals surface area (Å²) in [5.74, 6) is 0.0609. The molecule has 0 heterocycles. The number of amides is 1. The third-order valence-electron chi connectivity index (χ3n) is 2.52. The summed E-state index contributed by atoms with van der Waals surface area (Å²) in [4.78, 5) is 11.5. The average Bonchev–Trinajstić information content (AvgIpc) is 2.32. The van der Waals surface area contributed by atoms with Crippen molar-refractivity contribution in [1.29, 1.82) is 0 Å². The van der Waals surface area contributed by atoms with Crippen LogP contribution in [0.4, 0.5) is 5.69 Å². The van der Waals surface area contributed by atoms with Gasteiger partial charge in [-0.2, -0.15) is 0 Å². The van der Waals surface area contributed by atoms with Gasteiger partial charge in [0.2, 0.25) is 5.91 Å². The van der Waals surface area contributed by atoms with E-state index in [1.165, 1.54) is 0 Å². The first-order chi connectivity index (χ1) is 9.04. The molecule has 1 rings (SSSR count). The van der Waals surface area contributed by atoms with Crippen molar-refractivity contribution in [2.24, 2.45) is 0 Å². The summed E-state index contributed by atoms with van der Waals surface area (Å²) in [5.41, 5.74) is 2.06. The number of carbonyl (C=O) groups excluding carboxylic acids is 1. The van der Waals surface area contributed by atoms with E-state index in [9.17, 15) is 4.79 Å². The Morgan fingerprint density at radius 1 is 1.42 bits per heavy atom. The first kappa shape index (κ1) is 16.0. The standard InChI is InChI=1S/C14H21BrN2O2/c1-10(2)17-14(18)7-8-16-13-6-4-5-12(15)11(13)9-19-3/h4-6,10,16H,7-9H2,1-3H3,(H,17,18). The number of methoxy groups -OCH3 is 1. The van der Waals surface area contributed by atoms with Gasteiger partial charge in [-0.15, -0.1) is 0 Å². The quantitative estimate of drug-likeness (QED) is 0.809. The fourth-order valence-corrected chi connectivity index (χ4v) is 2.20. The third kappa shape index (κ3) is 5.61. The molecule has 0 aliphatic carbocycles. The Labute approximate surface area is 123 Å². The Balaban J connectivity index is 2.53. The minimum absolute atomic E-state index is 0.0609. The van der Waals surface area contributed by atoms with E-state index in [1.54, 1.807) is 7.11 Å². The molecular weight excluding hydrogens is 308 g/mol. The Bertz CT molecular complexity index is 422. The van der Waals surface area contributed by atoms with Gasteiger partial charge >= 0.3 is 0 Å². The van der Waals surface area contributed by atoms with Crippen molar-refractivity contribution >= 4 is 27.5 Å². The van der Waals surface area contributed by atoms with Gasteiger partial charge in [-0.05, 0) is 26.0 Å². The molecule has 0 aromatic heterocycles. The molecule has 0 aliphatic heterocycles. The van der Waals surface area contributed by atoms with Crippen LogP contribution in [-0.2, 0) is 16.1 Å². The van der Waals surface area contributed by atoms with E-state index >= 15 is 0 Å². The molecular formula is C14H21BrN2O2. The summed E-state index contributed by atoms with van der Waals surface area (Å²) in [6, 6.07) is 6.10. The van der Waals surface area contributed by atoms with E-state index in [0.29, 0.717) is 19.6 Å². The predicted octanol–water partition coefficient (Wildman–Crippen LogP) is 2.92. The van der Waals surface area contributed by atoms with Gasteiger partial charge in [0.05, 0.1) is 6.61 Å². The fourth-order valence-electron chi connectivity index (χ4n) is 1.72. The lowest BCUT2D eigenvalue weighted by Gasteiger charge is -2.13. The SMILES string of the molecule is COCc1c(Br)cccc1NCCC(=O)NC(C)C. The van der Waals surface area contributed by atoms with Gasteiger partial charge in [-0.1, -0.05) is 22.0 Å². The van der Waals surface area contributed by atoms with Crippen LogP contribution in [0.5, 0.6) is 0 Å². The number of carbonyl (C=O) groups is 1. The van der Waals surface area contributed by atoms with Crippen molar-refractivity contribution in [3.63, 3.8) is 0 Å². The highest BCUT2D eigenvalue weighted by atomic mass is 79.9.